The van der Waals surface area contributed by atoms with Gasteiger partial charge in [0.2, 0.25) is 0 Å². The molecule has 48 heteroatoms. The number of aliphatic hydroxyl groups is 7. The third kappa shape index (κ3) is 25.2. The number of nitrogens with zero attached hydrogens (tertiary/aromatic N) is 5. The predicted octanol–water partition coefficient (Wildman–Crippen LogP) is -5.66. The maximum atomic E-state index is 12.3. The number of esters is 2. The molecule has 47 nitrogen and oxygen atoms in total. The molecule has 14 heterocycles. The molecule has 0 bridgehead atoms. The summed E-state index contributed by atoms with van der Waals surface area (Å²) >= 11 is 0. The van der Waals surface area contributed by atoms with Crippen LogP contribution < -0.4 is 92.0 Å². The predicted molar refractivity (Wildman–Crippen MR) is 411 cm³/mol. The van der Waals surface area contributed by atoms with Crippen molar-refractivity contribution in [3.63, 3.8) is 0 Å². The standard InChI is InChI=1S/C16H22N2O7.C15H20N2O8.C13H18N2O7.C12H16N2O6.C9H12N2O6.C2H4O.5CH4.H3N.Na.H2O/c1-5-10-11-12(25-16(3,4)24-11)14(23-10)18-6-9(7-22-8(2)19)13(20)17-15(18)21;1-7(19)22-6-8-4-17(14(21)16-12(8)20)13-11-10(9(5-18)23-13)24-15(2,3)25-11;1-13(2)21-8-7(5-17)20-11(9(8)22-13)15-3-6(4-16)10(18)14-12(15)19;1-12(2)19-8-6(5-15)18-10(9(8)20-12)14-4-3-7(16)13-11(14)17;12-3-4-6(14)7(15)8(17-4)11-2-1-5(13)10-9(11)16;1-2-3;;;;;;;;/h6,10-12,14H,5,7H2,1-4H3,(H,17,20,21);4,9-11,13,18H,5-6H2,1-3H3,(H,16,20,21);3,7-9,11,16-17H,4-5H2,1-2H3,(H,14,18,19);3-4,6,8-10,15H,5H2,1-2H3,(H,13,16,17);1-2,4,6-8,12,14-15H,3H2,(H,10,13,16);2H,1H3;5*1H4;1H3;;1H2/q;;;;;;;;;;;;+1;/p-1/t10-,11+,12?,14-;9-,10+,11?,13-;7-,8+,9?,11-;6-,8+,9?,10-;4-,6+,7?,8-;;;;;;;;;/m11111........./s1. The summed E-state index contributed by atoms with van der Waals surface area (Å²) in [7, 11) is 0. The van der Waals surface area contributed by atoms with Crippen molar-refractivity contribution in [1.29, 1.82) is 0 Å². The molecule has 9 saturated heterocycles. The second kappa shape index (κ2) is 45.5. The molecule has 0 amide bonds. The summed E-state index contributed by atoms with van der Waals surface area (Å²) < 4.78 is 89.7. The zero-order valence-electron chi connectivity index (χ0n) is 64.8. The van der Waals surface area contributed by atoms with E-state index in [9.17, 15) is 88.2 Å². The van der Waals surface area contributed by atoms with Crippen LogP contribution >= 0.6 is 0 Å². The van der Waals surface area contributed by atoms with Crippen LogP contribution in [0.15, 0.2) is 91.1 Å². The third-order valence-electron chi connectivity index (χ3n) is 18.2. The van der Waals surface area contributed by atoms with Crippen molar-refractivity contribution in [2.75, 3.05) is 26.4 Å². The SMILES string of the molecule is C.C.C.C.C.CC(=O)OCc1cn([C@@H]2O[C@H](CO)[C@@H]3OC(C)(C)OC32)c(=O)[nH]c1=O.CC1(C)OC2[C@@H](O1)[C@@H](CO)O[C@H]2n1cc(CO)c(=O)[nH]c1=O.CC1(C)OC2[C@@H](O1)[C@@H](CO)O[C@H]2n1ccc(=O)[nH]c1=O.CC=O.CC[C@H]1O[C@@H](n2cc(COC(C)=O)c(=O)[nH]c2=O)C2OC(C)(C)O[C@H]21.N.O=c1ccn([C@@H]2O[C@H](CO)[C@H](O)C2O)c(=O)[nH]1.[Na+].[OH-]. The van der Waals surface area contributed by atoms with Crippen molar-refractivity contribution in [3.8, 4) is 0 Å². The Morgan fingerprint density at radius 1 is 0.417 bits per heavy atom. The molecule has 5 unspecified atom stereocenters. The first-order valence-electron chi connectivity index (χ1n) is 35.1. The number of ether oxygens (including phenoxy) is 15. The van der Waals surface area contributed by atoms with Gasteiger partial charge in [0.25, 0.3) is 27.8 Å². The van der Waals surface area contributed by atoms with Crippen LogP contribution in [0.2, 0.25) is 0 Å². The van der Waals surface area contributed by atoms with Gasteiger partial charge in [0.15, 0.2) is 54.3 Å². The zero-order valence-corrected chi connectivity index (χ0v) is 66.8. The van der Waals surface area contributed by atoms with Gasteiger partial charge in [-0.1, -0.05) is 44.1 Å². The number of aliphatic hydroxyl groups excluding tert-OH is 7. The van der Waals surface area contributed by atoms with Gasteiger partial charge >= 0.3 is 69.9 Å². The van der Waals surface area contributed by atoms with E-state index in [4.69, 9.17) is 81.0 Å². The zero-order chi connectivity index (χ0) is 82.5. The van der Waals surface area contributed by atoms with Gasteiger partial charge in [-0.2, -0.15) is 0 Å². The minimum absolute atomic E-state index is 0. The molecule has 16 N–H and O–H groups in total. The van der Waals surface area contributed by atoms with Crippen LogP contribution in [0.25, 0.3) is 0 Å². The number of nitrogens with one attached hydrogen (secondary N) is 5. The van der Waals surface area contributed by atoms with Crippen molar-refractivity contribution < 1.29 is 156 Å². The number of carbonyl (C=O) groups is 3. The number of hydrogen-bond donors (Lipinski definition) is 13. The summed E-state index contributed by atoms with van der Waals surface area (Å²) in [6.45, 7) is 17.5. The summed E-state index contributed by atoms with van der Waals surface area (Å²) in [6, 6.07) is 2.32. The van der Waals surface area contributed by atoms with E-state index in [0.29, 0.717) is 6.42 Å². The molecule has 0 spiro atoms. The van der Waals surface area contributed by atoms with Gasteiger partial charge in [-0.15, -0.1) is 0 Å². The van der Waals surface area contributed by atoms with E-state index in [1.807, 2.05) is 11.9 Å². The summed E-state index contributed by atoms with van der Waals surface area (Å²) in [5.41, 5.74) is -6.05. The average Bonchev–Trinajstić information content (AvgIpc) is 1.61. The number of rotatable bonds is 15. The Morgan fingerprint density at radius 2 is 0.667 bits per heavy atom. The maximum absolute atomic E-state index is 12.3. The van der Waals surface area contributed by atoms with Crippen LogP contribution in [0.3, 0.4) is 0 Å². The topological polar surface area (TPSA) is 671 Å². The number of hydrogen-bond acceptors (Lipinski definition) is 37. The molecule has 676 valence electrons. The Kier molecular flexibility index (Phi) is 41.8. The molecule has 0 aliphatic carbocycles. The summed E-state index contributed by atoms with van der Waals surface area (Å²) in [5, 5.41) is 65.5. The first-order chi connectivity index (χ1) is 52.7. The third-order valence-corrected chi connectivity index (χ3v) is 18.2. The summed E-state index contributed by atoms with van der Waals surface area (Å²) in [5.74, 6) is -4.42. The Morgan fingerprint density at radius 3 is 0.942 bits per heavy atom. The van der Waals surface area contributed by atoms with E-state index in [2.05, 4.69) is 19.9 Å². The molecule has 120 heavy (non-hydrogen) atoms. The van der Waals surface area contributed by atoms with Gasteiger partial charge < -0.3 is 123 Å². The largest absolute Gasteiger partial charge is 1.00 e. The van der Waals surface area contributed by atoms with Crippen LogP contribution in [-0.4, -0.2) is 248 Å². The first-order valence-corrected chi connectivity index (χ1v) is 35.1. The number of aromatic amines is 5. The van der Waals surface area contributed by atoms with E-state index in [1.54, 1.807) is 55.4 Å². The van der Waals surface area contributed by atoms with E-state index in [0.717, 1.165) is 32.3 Å². The van der Waals surface area contributed by atoms with Gasteiger partial charge in [-0.05, 0) is 68.7 Å². The van der Waals surface area contributed by atoms with Crippen molar-refractivity contribution in [3.05, 3.63) is 164 Å². The fourth-order valence-electron chi connectivity index (χ4n) is 13.5. The van der Waals surface area contributed by atoms with E-state index in [-0.39, 0.29) is 140 Å². The molecular weight excluding hydrogens is 1620 g/mol. The molecule has 0 radical (unpaired) electrons. The quantitative estimate of drug-likeness (QED) is 0.0264. The molecule has 14 rings (SSSR count). The average molecular weight is 1730 g/mol. The van der Waals surface area contributed by atoms with Crippen LogP contribution in [0.4, 0.5) is 0 Å². The fraction of sp³-hybridized carbons (Fsp3) is 0.681. The Hall–Kier alpha value is -7.87. The van der Waals surface area contributed by atoms with Crippen molar-refractivity contribution in [2.45, 2.75) is 292 Å². The molecule has 5 aromatic rings. The molecule has 9 aliphatic heterocycles. The first kappa shape index (κ1) is 110. The van der Waals surface area contributed by atoms with E-state index in [1.165, 1.54) is 60.8 Å². The molecule has 20 atom stereocenters. The summed E-state index contributed by atoms with van der Waals surface area (Å²) in [6.07, 6.45) is -6.43. The molecule has 5 aromatic heterocycles. The number of fused-ring (bicyclic) bond motifs is 4. The molecule has 0 aromatic carbocycles. The second-order valence-corrected chi connectivity index (χ2v) is 28.2. The van der Waals surface area contributed by atoms with Crippen LogP contribution in [-0.2, 0) is 105 Å². The Labute approximate surface area is 707 Å². The fourth-order valence-corrected chi connectivity index (χ4v) is 13.5. The van der Waals surface area contributed by atoms with Gasteiger partial charge in [-0.3, -0.25) is 81.3 Å². The van der Waals surface area contributed by atoms with Crippen LogP contribution in [0, 0.1) is 0 Å². The minimum Gasteiger partial charge on any atom is -0.870 e. The molecule has 9 fully saturated rings. The summed E-state index contributed by atoms with van der Waals surface area (Å²) in [4.78, 5) is 159. The number of aromatic nitrogens is 10. The normalized spacial score (nSPS) is 29.3. The van der Waals surface area contributed by atoms with Gasteiger partial charge in [-0.25, -0.2) is 24.0 Å². The minimum atomic E-state index is -1.35. The van der Waals surface area contributed by atoms with Crippen molar-refractivity contribution >= 4 is 18.2 Å². The van der Waals surface area contributed by atoms with Crippen molar-refractivity contribution in [1.82, 2.24) is 53.9 Å². The number of aldehydes is 1. The molecular formula is C72H116N11NaO36. The number of carbonyl (C=O) groups excluding carboxylic acids is 3. The maximum Gasteiger partial charge on any atom is 1.00 e. The van der Waals surface area contributed by atoms with Crippen LogP contribution in [0.5, 0.6) is 0 Å². The van der Waals surface area contributed by atoms with E-state index >= 15 is 0 Å². The molecule has 9 aliphatic rings. The van der Waals surface area contributed by atoms with E-state index < -0.39 is 215 Å². The Bertz CT molecular complexity index is 4670. The van der Waals surface area contributed by atoms with Gasteiger partial charge in [0.05, 0.1) is 55.8 Å². The van der Waals surface area contributed by atoms with Gasteiger partial charge in [0.1, 0.15) is 105 Å². The number of H-pyrrole nitrogens is 5. The van der Waals surface area contributed by atoms with Gasteiger partial charge in [0, 0.05) is 57.0 Å². The van der Waals surface area contributed by atoms with Crippen molar-refractivity contribution in [2.24, 2.45) is 0 Å². The Balaban J connectivity index is 0.000000735. The second-order valence-electron chi connectivity index (χ2n) is 28.2. The smallest absolute Gasteiger partial charge is 0.870 e. The molecule has 0 saturated carbocycles. The monoisotopic (exact) mass is 1730 g/mol. The van der Waals surface area contributed by atoms with Crippen LogP contribution in [0.1, 0.15) is 174 Å².